The number of alkyl halides is 2. The standard InChI is InChI=1S/C53H75ClF4N4O3Si2/c1-31(2)66(32(3)4,33(5)6)24-20-39-44(55)18-17-37-25-38(65-67(34(7)8,35(9)10)36(11)12)26-40(45(37)39)46-43(54)27-41-48(47(46)56)59-51(60-50(41)62-22-16-21-53(14,63)29-62)64-30-52(13)28-61(15)23-19-42(52)49(57)58/h17-18,25-27,31-36,42,49,63H,16,19,21-23,28-30H2,1-15H3/t42-,52+,53-/m1/s1. The molecule has 2 saturated heterocycles. The molecule has 0 unspecified atom stereocenters. The van der Waals surface area contributed by atoms with E-state index < -0.39 is 51.4 Å². The van der Waals surface area contributed by atoms with Crippen LogP contribution in [0.2, 0.25) is 38.3 Å². The van der Waals surface area contributed by atoms with E-state index in [1.54, 1.807) is 32.0 Å². The Labute approximate surface area is 404 Å². The smallest absolute Gasteiger partial charge is 0.319 e. The Morgan fingerprint density at radius 2 is 1.49 bits per heavy atom. The minimum absolute atomic E-state index is 0.0101. The summed E-state index contributed by atoms with van der Waals surface area (Å²) in [5, 5.41) is 12.6. The highest BCUT2D eigenvalue weighted by Crippen LogP contribution is 2.49. The number of rotatable bonds is 14. The largest absolute Gasteiger partial charge is 0.543 e. The first-order valence-corrected chi connectivity index (χ1v) is 29.2. The molecule has 2 aliphatic heterocycles. The van der Waals surface area contributed by atoms with Crippen LogP contribution in [0.15, 0.2) is 30.3 Å². The quantitative estimate of drug-likeness (QED) is 0.0767. The molecular weight excluding hydrogens is 908 g/mol. The highest BCUT2D eigenvalue weighted by atomic mass is 35.5. The van der Waals surface area contributed by atoms with Crippen LogP contribution in [0.3, 0.4) is 0 Å². The molecule has 7 nitrogen and oxygen atoms in total. The molecule has 368 valence electrons. The first-order chi connectivity index (χ1) is 31.2. The van der Waals surface area contributed by atoms with Crippen LogP contribution < -0.4 is 14.1 Å². The van der Waals surface area contributed by atoms with Gasteiger partial charge in [0.05, 0.1) is 22.8 Å². The molecule has 3 atom stereocenters. The lowest BCUT2D eigenvalue weighted by atomic mass is 9.73. The number of aromatic nitrogens is 2. The normalized spacial score (nSPS) is 21.3. The van der Waals surface area contributed by atoms with E-state index >= 15 is 8.78 Å². The number of hydrogen-bond acceptors (Lipinski definition) is 7. The molecule has 0 radical (unpaired) electrons. The van der Waals surface area contributed by atoms with E-state index in [9.17, 15) is 13.9 Å². The van der Waals surface area contributed by atoms with Crippen molar-refractivity contribution in [2.75, 3.05) is 44.7 Å². The van der Waals surface area contributed by atoms with Gasteiger partial charge < -0.3 is 24.1 Å². The minimum Gasteiger partial charge on any atom is -0.543 e. The van der Waals surface area contributed by atoms with Gasteiger partial charge in [0, 0.05) is 47.3 Å². The molecule has 2 fully saturated rings. The van der Waals surface area contributed by atoms with E-state index in [2.05, 4.69) is 94.5 Å². The molecule has 0 spiro atoms. The molecule has 0 amide bonds. The summed E-state index contributed by atoms with van der Waals surface area (Å²) in [5.74, 6) is 1.99. The molecule has 67 heavy (non-hydrogen) atoms. The fourth-order valence-corrected chi connectivity index (χ4v) is 23.1. The first kappa shape index (κ1) is 52.9. The number of likely N-dealkylation sites (tertiary alicyclic amines) is 1. The zero-order chi connectivity index (χ0) is 49.7. The number of β-amino-alcohol motifs (C(OH)–C–C–N with tert-alkyl or cyclic N) is 1. The van der Waals surface area contributed by atoms with Crippen molar-refractivity contribution in [2.45, 2.75) is 161 Å². The van der Waals surface area contributed by atoms with Gasteiger partial charge in [0.2, 0.25) is 6.43 Å². The average Bonchev–Trinajstić information content (AvgIpc) is 3.21. The average molecular weight is 984 g/mol. The Kier molecular flexibility index (Phi) is 15.9. The van der Waals surface area contributed by atoms with Crippen LogP contribution in [0.25, 0.3) is 32.8 Å². The van der Waals surface area contributed by atoms with Crippen LogP contribution in [0, 0.1) is 34.4 Å². The molecular formula is C53H75ClF4N4O3Si2. The molecule has 0 bridgehead atoms. The van der Waals surface area contributed by atoms with Gasteiger partial charge in [-0.05, 0) is 108 Å². The summed E-state index contributed by atoms with van der Waals surface area (Å²) in [7, 11) is -3.07. The fourth-order valence-electron chi connectivity index (χ4n) is 12.4. The third-order valence-electron chi connectivity index (χ3n) is 15.6. The van der Waals surface area contributed by atoms with Crippen LogP contribution in [0.5, 0.6) is 11.8 Å². The summed E-state index contributed by atoms with van der Waals surface area (Å²) < 4.78 is 77.7. The molecule has 3 aromatic carbocycles. The number of piperidine rings is 2. The van der Waals surface area contributed by atoms with Crippen molar-refractivity contribution in [1.29, 1.82) is 0 Å². The van der Waals surface area contributed by atoms with Crippen LogP contribution in [-0.4, -0.2) is 88.2 Å². The Bertz CT molecular complexity index is 2460. The van der Waals surface area contributed by atoms with Crippen LogP contribution in [0.4, 0.5) is 23.4 Å². The zero-order valence-electron chi connectivity index (χ0n) is 42.6. The van der Waals surface area contributed by atoms with Crippen molar-refractivity contribution < 1.29 is 31.8 Å². The van der Waals surface area contributed by atoms with Gasteiger partial charge >= 0.3 is 6.01 Å². The number of fused-ring (bicyclic) bond motifs is 2. The summed E-state index contributed by atoms with van der Waals surface area (Å²) in [6.45, 7) is 31.4. The Morgan fingerprint density at radius 1 is 0.866 bits per heavy atom. The third-order valence-corrected chi connectivity index (χ3v) is 28.2. The summed E-state index contributed by atoms with van der Waals surface area (Å²) in [6.07, 6.45) is -1.06. The van der Waals surface area contributed by atoms with Crippen molar-refractivity contribution in [3.63, 3.8) is 0 Å². The lowest BCUT2D eigenvalue weighted by molar-refractivity contribution is -0.0679. The van der Waals surface area contributed by atoms with Crippen molar-refractivity contribution in [3.05, 3.63) is 52.6 Å². The zero-order valence-corrected chi connectivity index (χ0v) is 45.4. The lowest BCUT2D eigenvalue weighted by Crippen LogP contribution is -2.51. The second-order valence-corrected chi connectivity index (χ2v) is 33.6. The summed E-state index contributed by atoms with van der Waals surface area (Å²) in [6, 6.07) is 8.30. The summed E-state index contributed by atoms with van der Waals surface area (Å²) in [5.41, 5.74) is 3.56. The molecule has 2 aliphatic rings. The van der Waals surface area contributed by atoms with Crippen LogP contribution >= 0.6 is 11.6 Å². The van der Waals surface area contributed by atoms with E-state index in [0.717, 1.165) is 0 Å². The predicted molar refractivity (Wildman–Crippen MR) is 274 cm³/mol. The molecule has 1 N–H and O–H groups in total. The first-order valence-electron chi connectivity index (χ1n) is 24.5. The van der Waals surface area contributed by atoms with Gasteiger partial charge in [-0.15, -0.1) is 5.54 Å². The molecule has 3 heterocycles. The lowest BCUT2D eigenvalue weighted by Gasteiger charge is -2.44. The number of halogens is 5. The predicted octanol–water partition coefficient (Wildman–Crippen LogP) is 14.5. The number of benzene rings is 3. The van der Waals surface area contributed by atoms with Crippen molar-refractivity contribution in [1.82, 2.24) is 14.9 Å². The third kappa shape index (κ3) is 10.1. The highest BCUT2D eigenvalue weighted by Gasteiger charge is 2.48. The topological polar surface area (TPSA) is 71.0 Å². The second-order valence-electron chi connectivity index (χ2n) is 22.3. The molecule has 14 heteroatoms. The van der Waals surface area contributed by atoms with Gasteiger partial charge in [0.1, 0.15) is 31.0 Å². The molecule has 1 aromatic heterocycles. The Hall–Kier alpha value is -3.42. The monoisotopic (exact) mass is 983 g/mol. The Balaban J connectivity index is 1.69. The van der Waals surface area contributed by atoms with Gasteiger partial charge in [-0.3, -0.25) is 0 Å². The SMILES string of the molecule is CC(C)[Si](C#Cc1c(F)ccc2cc(O[Si](C(C)C)(C(C)C)C(C)C)cc(-c3c(Cl)cc4c(N5CCC[C@@](C)(O)C5)nc(OC[C@]5(C)CN(C)CC[C@@H]5C(F)F)nc4c3F)c12)(C(C)C)C(C)C. The Morgan fingerprint density at radius 3 is 2.06 bits per heavy atom. The van der Waals surface area contributed by atoms with Gasteiger partial charge in [-0.2, -0.15) is 9.97 Å². The number of aliphatic hydroxyl groups is 1. The maximum Gasteiger partial charge on any atom is 0.319 e. The van der Waals surface area contributed by atoms with Crippen LogP contribution in [-0.2, 0) is 0 Å². The van der Waals surface area contributed by atoms with Crippen molar-refractivity contribution >= 4 is 55.5 Å². The summed E-state index contributed by atoms with van der Waals surface area (Å²) >= 11 is 7.37. The van der Waals surface area contributed by atoms with E-state index in [1.165, 1.54) is 6.07 Å². The molecule has 6 rings (SSSR count). The number of nitrogens with zero attached hydrogens (tertiary/aromatic N) is 4. The second kappa shape index (κ2) is 20.1. The highest BCUT2D eigenvalue weighted by molar-refractivity contribution is 6.90. The van der Waals surface area contributed by atoms with E-state index in [-0.39, 0.29) is 74.1 Å². The fraction of sp³-hybridized carbons (Fsp3) is 0.623. The maximum atomic E-state index is 18.3. The van der Waals surface area contributed by atoms with Gasteiger partial charge in [0.25, 0.3) is 8.32 Å². The molecule has 4 aromatic rings. The maximum absolute atomic E-state index is 18.3. The van der Waals surface area contributed by atoms with Crippen molar-refractivity contribution in [3.8, 4) is 34.4 Å². The molecule has 0 saturated carbocycles. The van der Waals surface area contributed by atoms with Gasteiger partial charge in [-0.25, -0.2) is 17.6 Å². The number of anilines is 1. The van der Waals surface area contributed by atoms with E-state index in [4.69, 9.17) is 30.7 Å². The van der Waals surface area contributed by atoms with E-state index in [0.29, 0.717) is 72.2 Å². The van der Waals surface area contributed by atoms with Gasteiger partial charge in [-0.1, -0.05) is 114 Å². The van der Waals surface area contributed by atoms with E-state index in [1.807, 2.05) is 22.9 Å². The minimum atomic E-state index is -2.58. The number of ether oxygens (including phenoxy) is 1. The van der Waals surface area contributed by atoms with Crippen LogP contribution in [0.1, 0.15) is 122 Å². The van der Waals surface area contributed by atoms with Gasteiger partial charge in [0.15, 0.2) is 5.82 Å². The molecule has 0 aliphatic carbocycles. The summed E-state index contributed by atoms with van der Waals surface area (Å²) in [4.78, 5) is 13.4. The number of hydrogen-bond donors (Lipinski definition) is 1. The van der Waals surface area contributed by atoms with Crippen molar-refractivity contribution in [2.24, 2.45) is 11.3 Å².